The molecule has 2 fully saturated rings. The molecule has 3 nitrogen and oxygen atoms in total. The molecule has 21 heavy (non-hydrogen) atoms. The highest BCUT2D eigenvalue weighted by Gasteiger charge is 2.37. The van der Waals surface area contributed by atoms with Crippen molar-refractivity contribution in [1.82, 2.24) is 4.90 Å². The number of carbonyl (C=O) groups excluding carboxylic acids is 1. The maximum Gasteiger partial charge on any atom is 0.226 e. The van der Waals surface area contributed by atoms with Crippen molar-refractivity contribution in [3.8, 4) is 0 Å². The van der Waals surface area contributed by atoms with E-state index in [0.29, 0.717) is 24.3 Å². The van der Waals surface area contributed by atoms with Gasteiger partial charge in [0.05, 0.1) is 0 Å². The first kappa shape index (κ1) is 16.3. The third-order valence-electron chi connectivity index (χ3n) is 5.05. The van der Waals surface area contributed by atoms with E-state index in [1.807, 2.05) is 6.07 Å². The molecule has 1 aliphatic heterocycles. The highest BCUT2D eigenvalue weighted by atomic mass is 35.5. The van der Waals surface area contributed by atoms with Crippen LogP contribution in [0.1, 0.15) is 37.2 Å². The predicted octanol–water partition coefficient (Wildman–Crippen LogP) is 2.80. The highest BCUT2D eigenvalue weighted by Crippen LogP contribution is 2.35. The van der Waals surface area contributed by atoms with Gasteiger partial charge in [0.15, 0.2) is 0 Å². The van der Waals surface area contributed by atoms with E-state index in [2.05, 4.69) is 29.2 Å². The van der Waals surface area contributed by atoms with Gasteiger partial charge < -0.3 is 10.6 Å². The zero-order chi connectivity index (χ0) is 13.9. The zero-order valence-corrected chi connectivity index (χ0v) is 13.2. The minimum absolute atomic E-state index is 0. The minimum atomic E-state index is 0. The van der Waals surface area contributed by atoms with Gasteiger partial charge in [0.2, 0.25) is 5.91 Å². The van der Waals surface area contributed by atoms with E-state index in [4.69, 9.17) is 5.73 Å². The van der Waals surface area contributed by atoms with Crippen molar-refractivity contribution < 1.29 is 4.79 Å². The lowest BCUT2D eigenvalue weighted by Gasteiger charge is -2.24. The first-order valence-corrected chi connectivity index (χ1v) is 7.83. The number of benzene rings is 1. The van der Waals surface area contributed by atoms with Gasteiger partial charge >= 0.3 is 0 Å². The van der Waals surface area contributed by atoms with Crippen molar-refractivity contribution in [2.24, 2.45) is 17.6 Å². The van der Waals surface area contributed by atoms with E-state index in [-0.39, 0.29) is 18.3 Å². The standard InChI is InChI=1S/C17H24N2O.ClH/c18-11-14-7-4-8-16(14)17(20)19-10-9-15(12-19)13-5-2-1-3-6-13;/h1-3,5-6,14-16H,4,7-12,18H2;1H/t14-,15?,16-;/m1./s1. The van der Waals surface area contributed by atoms with Crippen molar-refractivity contribution in [1.29, 1.82) is 0 Å². The van der Waals surface area contributed by atoms with Crippen LogP contribution in [-0.2, 0) is 4.79 Å². The summed E-state index contributed by atoms with van der Waals surface area (Å²) in [6.07, 6.45) is 4.42. The van der Waals surface area contributed by atoms with E-state index in [1.165, 1.54) is 5.56 Å². The molecule has 4 heteroatoms. The Balaban J connectivity index is 0.00000161. The molecule has 1 heterocycles. The summed E-state index contributed by atoms with van der Waals surface area (Å²) in [6.45, 7) is 2.45. The van der Waals surface area contributed by atoms with Gasteiger partial charge in [-0.25, -0.2) is 0 Å². The molecule has 1 aromatic carbocycles. The van der Waals surface area contributed by atoms with Crippen LogP contribution in [0.3, 0.4) is 0 Å². The quantitative estimate of drug-likeness (QED) is 0.933. The summed E-state index contributed by atoms with van der Waals surface area (Å²) in [7, 11) is 0. The molecule has 0 spiro atoms. The first-order chi connectivity index (χ1) is 9.79. The Morgan fingerprint density at radius 1 is 1.19 bits per heavy atom. The Morgan fingerprint density at radius 3 is 2.67 bits per heavy atom. The van der Waals surface area contributed by atoms with Gasteiger partial charge in [-0.05, 0) is 37.3 Å². The molecule has 116 valence electrons. The monoisotopic (exact) mass is 308 g/mol. The minimum Gasteiger partial charge on any atom is -0.342 e. The summed E-state index contributed by atoms with van der Waals surface area (Å²) >= 11 is 0. The summed E-state index contributed by atoms with van der Waals surface area (Å²) < 4.78 is 0. The summed E-state index contributed by atoms with van der Waals surface area (Å²) in [5, 5.41) is 0. The maximum atomic E-state index is 12.7. The highest BCUT2D eigenvalue weighted by molar-refractivity contribution is 5.85. The van der Waals surface area contributed by atoms with Crippen molar-refractivity contribution in [2.45, 2.75) is 31.6 Å². The van der Waals surface area contributed by atoms with E-state index in [0.717, 1.165) is 38.8 Å². The summed E-state index contributed by atoms with van der Waals surface area (Å²) in [6, 6.07) is 10.6. The van der Waals surface area contributed by atoms with E-state index in [1.54, 1.807) is 0 Å². The second-order valence-corrected chi connectivity index (χ2v) is 6.21. The molecule has 1 aliphatic carbocycles. The Kier molecular flexibility index (Phi) is 5.65. The number of carbonyl (C=O) groups is 1. The number of likely N-dealkylation sites (tertiary alicyclic amines) is 1. The summed E-state index contributed by atoms with van der Waals surface area (Å²) in [5.74, 6) is 1.47. The SMILES string of the molecule is Cl.NC[C@H]1CCC[C@H]1C(=O)N1CCC(c2ccccc2)C1. The molecule has 0 aromatic heterocycles. The molecule has 1 saturated carbocycles. The third kappa shape index (κ3) is 3.41. The lowest BCUT2D eigenvalue weighted by molar-refractivity contribution is -0.135. The number of rotatable bonds is 3. The molecule has 0 radical (unpaired) electrons. The van der Waals surface area contributed by atoms with Crippen LogP contribution in [0.25, 0.3) is 0 Å². The molecule has 2 N–H and O–H groups in total. The molecule has 2 aliphatic rings. The van der Waals surface area contributed by atoms with E-state index in [9.17, 15) is 4.79 Å². The van der Waals surface area contributed by atoms with Gasteiger partial charge in [-0.3, -0.25) is 4.79 Å². The zero-order valence-electron chi connectivity index (χ0n) is 12.4. The van der Waals surface area contributed by atoms with Gasteiger partial charge in [-0.15, -0.1) is 12.4 Å². The molecule has 3 atom stereocenters. The second-order valence-electron chi connectivity index (χ2n) is 6.21. The fraction of sp³-hybridized carbons (Fsp3) is 0.588. The largest absolute Gasteiger partial charge is 0.342 e. The Hall–Kier alpha value is -1.06. The molecule has 3 rings (SSSR count). The Bertz CT molecular complexity index is 465. The van der Waals surface area contributed by atoms with Crippen LogP contribution in [0.2, 0.25) is 0 Å². The van der Waals surface area contributed by atoms with Crippen LogP contribution in [0.4, 0.5) is 0 Å². The fourth-order valence-electron chi connectivity index (χ4n) is 3.84. The van der Waals surface area contributed by atoms with Crippen LogP contribution in [0, 0.1) is 11.8 Å². The molecular weight excluding hydrogens is 284 g/mol. The van der Waals surface area contributed by atoms with Crippen LogP contribution >= 0.6 is 12.4 Å². The van der Waals surface area contributed by atoms with Crippen LogP contribution in [-0.4, -0.2) is 30.4 Å². The topological polar surface area (TPSA) is 46.3 Å². The summed E-state index contributed by atoms with van der Waals surface area (Å²) in [4.78, 5) is 14.7. The van der Waals surface area contributed by atoms with Crippen molar-refractivity contribution in [2.75, 3.05) is 19.6 Å². The second kappa shape index (κ2) is 7.28. The lowest BCUT2D eigenvalue weighted by atomic mass is 9.94. The number of nitrogens with zero attached hydrogens (tertiary/aromatic N) is 1. The van der Waals surface area contributed by atoms with Gasteiger partial charge in [0.25, 0.3) is 0 Å². The molecule has 0 bridgehead atoms. The summed E-state index contributed by atoms with van der Waals surface area (Å²) in [5.41, 5.74) is 7.17. The smallest absolute Gasteiger partial charge is 0.226 e. The van der Waals surface area contributed by atoms with Crippen LogP contribution < -0.4 is 5.73 Å². The van der Waals surface area contributed by atoms with E-state index >= 15 is 0 Å². The van der Waals surface area contributed by atoms with Gasteiger partial charge in [-0.2, -0.15) is 0 Å². The van der Waals surface area contributed by atoms with Gasteiger partial charge in [0.1, 0.15) is 0 Å². The fourth-order valence-corrected chi connectivity index (χ4v) is 3.84. The third-order valence-corrected chi connectivity index (χ3v) is 5.05. The average Bonchev–Trinajstić information content (AvgIpc) is 3.16. The number of nitrogens with two attached hydrogens (primary N) is 1. The molecule has 1 aromatic rings. The van der Waals surface area contributed by atoms with Crippen molar-refractivity contribution >= 4 is 18.3 Å². The predicted molar refractivity (Wildman–Crippen MR) is 87.5 cm³/mol. The maximum absolute atomic E-state index is 12.7. The van der Waals surface area contributed by atoms with Gasteiger partial charge in [-0.1, -0.05) is 36.8 Å². The Morgan fingerprint density at radius 2 is 1.95 bits per heavy atom. The Labute approximate surface area is 133 Å². The number of hydrogen-bond acceptors (Lipinski definition) is 2. The number of hydrogen-bond donors (Lipinski definition) is 1. The van der Waals surface area contributed by atoms with Crippen molar-refractivity contribution in [3.63, 3.8) is 0 Å². The molecular formula is C17H25ClN2O. The number of halogens is 1. The first-order valence-electron chi connectivity index (χ1n) is 7.83. The van der Waals surface area contributed by atoms with Crippen molar-refractivity contribution in [3.05, 3.63) is 35.9 Å². The molecule has 1 amide bonds. The number of amides is 1. The van der Waals surface area contributed by atoms with E-state index < -0.39 is 0 Å². The molecule has 1 saturated heterocycles. The van der Waals surface area contributed by atoms with Gasteiger partial charge in [0, 0.05) is 24.9 Å². The van der Waals surface area contributed by atoms with Crippen LogP contribution in [0.5, 0.6) is 0 Å². The average molecular weight is 309 g/mol. The normalized spacial score (nSPS) is 28.4. The molecule has 1 unspecified atom stereocenters. The van der Waals surface area contributed by atoms with Crippen LogP contribution in [0.15, 0.2) is 30.3 Å². The lowest BCUT2D eigenvalue weighted by Crippen LogP contribution is -2.37.